The topological polar surface area (TPSA) is 26.7 Å². The van der Waals surface area contributed by atoms with Crippen molar-refractivity contribution in [2.45, 2.75) is 26.1 Å². The minimum Gasteiger partial charge on any atom is -0.396 e. The van der Waals surface area contributed by atoms with Crippen LogP contribution in [-0.2, 0) is 6.54 Å². The van der Waals surface area contributed by atoms with Gasteiger partial charge in [0.15, 0.2) is 0 Å². The van der Waals surface area contributed by atoms with E-state index in [1.54, 1.807) is 0 Å². The first kappa shape index (κ1) is 12.2. The normalized spacial score (nSPS) is 32.9. The molecule has 1 aromatic carbocycles. The van der Waals surface area contributed by atoms with Crippen LogP contribution in [0.3, 0.4) is 0 Å². The van der Waals surface area contributed by atoms with E-state index >= 15 is 0 Å². The number of hydrogen-bond acceptors (Lipinski definition) is 3. The van der Waals surface area contributed by atoms with Crippen LogP contribution in [0.5, 0.6) is 0 Å². The fraction of sp³-hybridized carbons (Fsp3) is 0.600. The highest BCUT2D eigenvalue weighted by Gasteiger charge is 2.49. The second-order valence-electron chi connectivity index (χ2n) is 5.93. The average Bonchev–Trinajstić information content (AvgIpc) is 2.95. The molecule has 2 aliphatic rings. The smallest absolute Gasteiger partial charge is 0.0704 e. The van der Waals surface area contributed by atoms with Crippen molar-refractivity contribution in [2.24, 2.45) is 5.41 Å². The molecule has 2 heterocycles. The second kappa shape index (κ2) is 4.65. The van der Waals surface area contributed by atoms with Crippen molar-refractivity contribution in [3.63, 3.8) is 0 Å². The maximum atomic E-state index is 9.70. The molecule has 0 aromatic heterocycles. The summed E-state index contributed by atoms with van der Waals surface area (Å²) in [6.45, 7) is 6.91. The Balaban J connectivity index is 1.77. The zero-order valence-corrected chi connectivity index (χ0v) is 11.0. The predicted octanol–water partition coefficient (Wildman–Crippen LogP) is 1.53. The molecule has 1 aromatic rings. The van der Waals surface area contributed by atoms with Crippen molar-refractivity contribution < 1.29 is 5.11 Å². The van der Waals surface area contributed by atoms with Crippen LogP contribution in [0.15, 0.2) is 30.3 Å². The molecule has 0 saturated carbocycles. The molecule has 3 rings (SSSR count). The van der Waals surface area contributed by atoms with Crippen LogP contribution < -0.4 is 0 Å². The highest BCUT2D eigenvalue weighted by molar-refractivity contribution is 5.15. The molecule has 0 unspecified atom stereocenters. The number of benzene rings is 1. The first-order valence-corrected chi connectivity index (χ1v) is 6.86. The van der Waals surface area contributed by atoms with Crippen molar-refractivity contribution in [1.82, 2.24) is 9.80 Å². The Morgan fingerprint density at radius 3 is 2.72 bits per heavy atom. The monoisotopic (exact) mass is 246 g/mol. The van der Waals surface area contributed by atoms with Gasteiger partial charge in [-0.05, 0) is 12.0 Å². The van der Waals surface area contributed by atoms with Crippen LogP contribution >= 0.6 is 0 Å². The minimum absolute atomic E-state index is 0.0469. The van der Waals surface area contributed by atoms with Gasteiger partial charge in [-0.2, -0.15) is 0 Å². The Kier molecular flexibility index (Phi) is 3.14. The molecule has 0 radical (unpaired) electrons. The van der Waals surface area contributed by atoms with Gasteiger partial charge in [0.25, 0.3) is 0 Å². The Morgan fingerprint density at radius 1 is 1.22 bits per heavy atom. The maximum Gasteiger partial charge on any atom is 0.0704 e. The van der Waals surface area contributed by atoms with Gasteiger partial charge in [-0.3, -0.25) is 9.80 Å². The number of rotatable bonds is 3. The Morgan fingerprint density at radius 2 is 2.00 bits per heavy atom. The molecular weight excluding hydrogens is 224 g/mol. The van der Waals surface area contributed by atoms with E-state index in [2.05, 4.69) is 47.1 Å². The third-order valence-electron chi connectivity index (χ3n) is 4.55. The molecule has 3 heteroatoms. The lowest BCUT2D eigenvalue weighted by Gasteiger charge is -2.36. The SMILES string of the molecule is C[C@@]1(CO)CCN2CCN(Cc3ccccc3)[C@@H]21. The molecule has 2 atom stereocenters. The molecule has 2 saturated heterocycles. The Hall–Kier alpha value is -0.900. The van der Waals surface area contributed by atoms with Crippen LogP contribution in [0.25, 0.3) is 0 Å². The van der Waals surface area contributed by atoms with E-state index in [9.17, 15) is 5.11 Å². The van der Waals surface area contributed by atoms with Crippen LogP contribution in [0, 0.1) is 5.41 Å². The van der Waals surface area contributed by atoms with Gasteiger partial charge in [0.05, 0.1) is 12.8 Å². The van der Waals surface area contributed by atoms with Gasteiger partial charge in [-0.25, -0.2) is 0 Å². The van der Waals surface area contributed by atoms with Crippen molar-refractivity contribution >= 4 is 0 Å². The molecule has 1 N–H and O–H groups in total. The summed E-state index contributed by atoms with van der Waals surface area (Å²) in [5.74, 6) is 0. The van der Waals surface area contributed by atoms with E-state index in [4.69, 9.17) is 0 Å². The van der Waals surface area contributed by atoms with Gasteiger partial charge in [-0.1, -0.05) is 37.3 Å². The largest absolute Gasteiger partial charge is 0.396 e. The molecule has 3 nitrogen and oxygen atoms in total. The summed E-state index contributed by atoms with van der Waals surface area (Å²) in [5, 5.41) is 9.70. The summed E-state index contributed by atoms with van der Waals surface area (Å²) >= 11 is 0. The minimum atomic E-state index is 0.0469. The third kappa shape index (κ3) is 1.96. The van der Waals surface area contributed by atoms with Gasteiger partial charge in [0.2, 0.25) is 0 Å². The summed E-state index contributed by atoms with van der Waals surface area (Å²) in [5.41, 5.74) is 1.41. The van der Waals surface area contributed by atoms with E-state index in [1.165, 1.54) is 5.56 Å². The highest BCUT2D eigenvalue weighted by Crippen LogP contribution is 2.41. The summed E-state index contributed by atoms with van der Waals surface area (Å²) < 4.78 is 0. The summed E-state index contributed by atoms with van der Waals surface area (Å²) in [4.78, 5) is 5.05. The van der Waals surface area contributed by atoms with E-state index in [0.717, 1.165) is 32.6 Å². The highest BCUT2D eigenvalue weighted by atomic mass is 16.3. The maximum absolute atomic E-state index is 9.70. The molecule has 2 aliphatic heterocycles. The van der Waals surface area contributed by atoms with E-state index in [1.807, 2.05) is 0 Å². The van der Waals surface area contributed by atoms with Crippen LogP contribution in [-0.4, -0.2) is 47.3 Å². The first-order valence-electron chi connectivity index (χ1n) is 6.86. The quantitative estimate of drug-likeness (QED) is 0.876. The zero-order chi connectivity index (χ0) is 12.6. The van der Waals surface area contributed by atoms with Gasteiger partial charge in [0, 0.05) is 31.6 Å². The molecule has 18 heavy (non-hydrogen) atoms. The summed E-state index contributed by atoms with van der Waals surface area (Å²) in [6.07, 6.45) is 1.53. The fourth-order valence-electron chi connectivity index (χ4n) is 3.52. The van der Waals surface area contributed by atoms with E-state index in [-0.39, 0.29) is 5.41 Å². The van der Waals surface area contributed by atoms with E-state index < -0.39 is 0 Å². The standard InChI is InChI=1S/C15H22N2O/c1-15(12-18)7-8-16-9-10-17(14(15)16)11-13-5-3-2-4-6-13/h2-6,14,18H,7-12H2,1H3/t14-,15+/m1/s1. The Labute approximate surface area is 109 Å². The van der Waals surface area contributed by atoms with Crippen LogP contribution in [0.1, 0.15) is 18.9 Å². The number of hydrogen-bond donors (Lipinski definition) is 1. The van der Waals surface area contributed by atoms with Crippen molar-refractivity contribution in [1.29, 1.82) is 0 Å². The number of aliphatic hydroxyl groups excluding tert-OH is 1. The molecule has 0 bridgehead atoms. The lowest BCUT2D eigenvalue weighted by Crippen LogP contribution is -2.45. The summed E-state index contributed by atoms with van der Waals surface area (Å²) in [7, 11) is 0. The van der Waals surface area contributed by atoms with Crippen LogP contribution in [0.2, 0.25) is 0 Å². The molecule has 98 valence electrons. The number of aliphatic hydroxyl groups is 1. The van der Waals surface area contributed by atoms with E-state index in [0.29, 0.717) is 12.8 Å². The van der Waals surface area contributed by atoms with Gasteiger partial charge >= 0.3 is 0 Å². The van der Waals surface area contributed by atoms with Crippen molar-refractivity contribution in [3.8, 4) is 0 Å². The fourth-order valence-corrected chi connectivity index (χ4v) is 3.52. The lowest BCUT2D eigenvalue weighted by molar-refractivity contribution is 0.0281. The third-order valence-corrected chi connectivity index (χ3v) is 4.55. The number of fused-ring (bicyclic) bond motifs is 1. The first-order chi connectivity index (χ1) is 8.73. The molecule has 0 amide bonds. The molecule has 2 fully saturated rings. The summed E-state index contributed by atoms with van der Waals surface area (Å²) in [6, 6.07) is 10.6. The van der Waals surface area contributed by atoms with Crippen molar-refractivity contribution in [3.05, 3.63) is 35.9 Å². The second-order valence-corrected chi connectivity index (χ2v) is 5.93. The molecule has 0 aliphatic carbocycles. The predicted molar refractivity (Wildman–Crippen MR) is 72.0 cm³/mol. The molecular formula is C15H22N2O. The van der Waals surface area contributed by atoms with Gasteiger partial charge in [0.1, 0.15) is 0 Å². The zero-order valence-electron chi connectivity index (χ0n) is 11.0. The van der Waals surface area contributed by atoms with Gasteiger partial charge in [-0.15, -0.1) is 0 Å². The lowest BCUT2D eigenvalue weighted by atomic mass is 9.87. The average molecular weight is 246 g/mol. The van der Waals surface area contributed by atoms with Crippen LogP contribution in [0.4, 0.5) is 0 Å². The Bertz CT molecular complexity index is 408. The van der Waals surface area contributed by atoms with Gasteiger partial charge < -0.3 is 5.11 Å². The van der Waals surface area contributed by atoms with Crippen molar-refractivity contribution in [2.75, 3.05) is 26.2 Å². The molecule has 0 spiro atoms. The number of nitrogens with zero attached hydrogens (tertiary/aromatic N) is 2.